The van der Waals surface area contributed by atoms with Crippen LogP contribution < -0.4 is 5.73 Å². The first-order chi connectivity index (χ1) is 17.2. The van der Waals surface area contributed by atoms with Crippen LogP contribution in [-0.4, -0.2) is 53.7 Å². The molecule has 0 aliphatic carbocycles. The lowest BCUT2D eigenvalue weighted by molar-refractivity contribution is -0.145. The summed E-state index contributed by atoms with van der Waals surface area (Å²) in [5.41, 5.74) is 5.58. The number of carboxylic acids is 1. The molecular weight excluding hydrogens is 452 g/mol. The molecule has 0 saturated carbocycles. The minimum atomic E-state index is -1.23. The molecule has 2 unspecified atom stereocenters. The molecule has 0 fully saturated rings. The van der Waals surface area contributed by atoms with E-state index < -0.39 is 12.1 Å². The van der Waals surface area contributed by atoms with Gasteiger partial charge in [-0.25, -0.2) is 4.79 Å². The Labute approximate surface area is 223 Å². The first-order valence-corrected chi connectivity index (χ1v) is 15.1. The summed E-state index contributed by atoms with van der Waals surface area (Å²) in [6.45, 7) is 4.53. The van der Waals surface area contributed by atoms with Gasteiger partial charge in [0.25, 0.3) is 0 Å². The number of hydrogen-bond acceptors (Lipinski definition) is 4. The second kappa shape index (κ2) is 28.4. The van der Waals surface area contributed by atoms with Gasteiger partial charge in [-0.15, -0.1) is 0 Å². The van der Waals surface area contributed by atoms with Gasteiger partial charge in [0, 0.05) is 5.92 Å². The number of carbonyl (C=O) groups excluding carboxylic acids is 1. The molecule has 0 aliphatic heterocycles. The Morgan fingerprint density at radius 3 is 1.25 bits per heavy atom. The van der Waals surface area contributed by atoms with Crippen molar-refractivity contribution in [3.8, 4) is 0 Å². The zero-order valence-electron chi connectivity index (χ0n) is 24.4. The summed E-state index contributed by atoms with van der Waals surface area (Å²) >= 11 is 0. The third kappa shape index (κ3) is 30.9. The quantitative estimate of drug-likeness (QED) is 0.111. The lowest BCUT2D eigenvalue weighted by Gasteiger charge is -2.15. The number of amides is 1. The summed E-state index contributed by atoms with van der Waals surface area (Å²) < 4.78 is 0. The maximum absolute atomic E-state index is 11.6. The van der Waals surface area contributed by atoms with E-state index in [1.54, 1.807) is 0 Å². The van der Waals surface area contributed by atoms with Gasteiger partial charge in [0.15, 0.2) is 0 Å². The molecular formula is C30H62N2O4. The van der Waals surface area contributed by atoms with Crippen LogP contribution in [0.4, 0.5) is 0 Å². The molecule has 2 atom stereocenters. The van der Waals surface area contributed by atoms with Crippen molar-refractivity contribution in [3.05, 3.63) is 0 Å². The third-order valence-corrected chi connectivity index (χ3v) is 6.82. The highest BCUT2D eigenvalue weighted by atomic mass is 16.4. The average Bonchev–Trinajstić information content (AvgIpc) is 2.82. The van der Waals surface area contributed by atoms with E-state index >= 15 is 0 Å². The number of unbranched alkanes of at least 4 members (excludes halogenated alkanes) is 17. The number of aliphatic hydroxyl groups excluding tert-OH is 1. The smallest absolute Gasteiger partial charge is 0.332 e. The van der Waals surface area contributed by atoms with Crippen molar-refractivity contribution < 1.29 is 19.8 Å². The van der Waals surface area contributed by atoms with Gasteiger partial charge < -0.3 is 20.8 Å². The van der Waals surface area contributed by atoms with E-state index in [1.807, 2.05) is 0 Å². The third-order valence-electron chi connectivity index (χ3n) is 6.82. The molecule has 0 heterocycles. The molecule has 6 nitrogen and oxygen atoms in total. The standard InChI is InChI=1S/C27H56N2O.C3H6O3/c1-4-5-6-7-8-9-10-11-12-13-14-15-16-17-18-19-20-21-23-26(27(28)30)24-22-25-29(2)3;1-2(4)3(5)6/h26H,4-25H2,1-3H3,(H2,28,30);2,4H,1H3,(H,5,6). The Kier molecular flexibility index (Phi) is 29.2. The SMILES string of the molecule is CC(O)C(=O)O.CCCCCCCCCCCCCCCCCCCCC(CCCN(C)C)C(N)=O. The van der Waals surface area contributed by atoms with Gasteiger partial charge in [-0.2, -0.15) is 0 Å². The number of hydrogen-bond donors (Lipinski definition) is 3. The van der Waals surface area contributed by atoms with Crippen molar-refractivity contribution in [3.63, 3.8) is 0 Å². The van der Waals surface area contributed by atoms with E-state index in [0.29, 0.717) is 0 Å². The van der Waals surface area contributed by atoms with Gasteiger partial charge in [0.05, 0.1) is 0 Å². The highest BCUT2D eigenvalue weighted by molar-refractivity contribution is 5.76. The molecule has 0 bridgehead atoms. The number of rotatable bonds is 25. The van der Waals surface area contributed by atoms with Gasteiger partial charge in [0.1, 0.15) is 6.10 Å². The Morgan fingerprint density at radius 2 is 0.972 bits per heavy atom. The molecule has 36 heavy (non-hydrogen) atoms. The second-order valence-electron chi connectivity index (χ2n) is 10.9. The molecule has 1 amide bonds. The van der Waals surface area contributed by atoms with Crippen LogP contribution in [-0.2, 0) is 9.59 Å². The Balaban J connectivity index is 0. The summed E-state index contributed by atoms with van der Waals surface area (Å²) in [4.78, 5) is 23.2. The topological polar surface area (TPSA) is 104 Å². The molecule has 0 radical (unpaired) electrons. The first-order valence-electron chi connectivity index (χ1n) is 15.1. The van der Waals surface area contributed by atoms with Gasteiger partial charge in [-0.3, -0.25) is 4.79 Å². The first kappa shape index (κ1) is 37.0. The van der Waals surface area contributed by atoms with Crippen molar-refractivity contribution in [2.45, 2.75) is 155 Å². The molecule has 216 valence electrons. The predicted octanol–water partition coefficient (Wildman–Crippen LogP) is 7.31. The lowest BCUT2D eigenvalue weighted by atomic mass is 9.95. The van der Waals surface area contributed by atoms with Crippen molar-refractivity contribution in [2.75, 3.05) is 20.6 Å². The number of aliphatic hydroxyl groups is 1. The average molecular weight is 515 g/mol. The summed E-state index contributed by atoms with van der Waals surface area (Å²) in [5, 5.41) is 15.8. The normalized spacial score (nSPS) is 12.7. The number of nitrogens with zero attached hydrogens (tertiary/aromatic N) is 1. The highest BCUT2D eigenvalue weighted by Crippen LogP contribution is 2.18. The maximum Gasteiger partial charge on any atom is 0.332 e. The largest absolute Gasteiger partial charge is 0.479 e. The summed E-state index contributed by atoms with van der Waals surface area (Å²) in [5.74, 6) is -1.19. The lowest BCUT2D eigenvalue weighted by Crippen LogP contribution is -2.24. The van der Waals surface area contributed by atoms with Gasteiger partial charge in [-0.1, -0.05) is 122 Å². The molecule has 4 N–H and O–H groups in total. The number of primary amides is 1. The van der Waals surface area contributed by atoms with Gasteiger partial charge in [-0.05, 0) is 46.8 Å². The number of carboxylic acid groups (broad SMARTS) is 1. The molecule has 0 aliphatic rings. The molecule has 6 heteroatoms. The van der Waals surface area contributed by atoms with Crippen molar-refractivity contribution in [1.29, 1.82) is 0 Å². The molecule has 0 aromatic carbocycles. The highest BCUT2D eigenvalue weighted by Gasteiger charge is 2.14. The van der Waals surface area contributed by atoms with Crippen LogP contribution in [0.25, 0.3) is 0 Å². The van der Waals surface area contributed by atoms with E-state index in [-0.39, 0.29) is 11.8 Å². The van der Waals surface area contributed by atoms with E-state index in [9.17, 15) is 9.59 Å². The fourth-order valence-corrected chi connectivity index (χ4v) is 4.38. The molecule has 0 saturated heterocycles. The van der Waals surface area contributed by atoms with Crippen LogP contribution in [0.2, 0.25) is 0 Å². The van der Waals surface area contributed by atoms with Crippen molar-refractivity contribution >= 4 is 11.9 Å². The number of carbonyl (C=O) groups is 2. The van der Waals surface area contributed by atoms with Crippen molar-refractivity contribution in [2.24, 2.45) is 11.7 Å². The van der Waals surface area contributed by atoms with Crippen LogP contribution >= 0.6 is 0 Å². The monoisotopic (exact) mass is 514 g/mol. The Hall–Kier alpha value is -1.14. The Morgan fingerprint density at radius 1 is 0.667 bits per heavy atom. The zero-order valence-corrected chi connectivity index (χ0v) is 24.4. The van der Waals surface area contributed by atoms with Crippen LogP contribution in [0.15, 0.2) is 0 Å². The zero-order chi connectivity index (χ0) is 27.4. The van der Waals surface area contributed by atoms with E-state index in [2.05, 4.69) is 25.9 Å². The van der Waals surface area contributed by atoms with E-state index in [1.165, 1.54) is 116 Å². The molecule has 0 aromatic heterocycles. The minimum Gasteiger partial charge on any atom is -0.479 e. The van der Waals surface area contributed by atoms with Crippen LogP contribution in [0, 0.1) is 5.92 Å². The second-order valence-corrected chi connectivity index (χ2v) is 10.9. The maximum atomic E-state index is 11.6. The summed E-state index contributed by atoms with van der Waals surface area (Å²) in [6, 6.07) is 0. The number of nitrogens with two attached hydrogens (primary N) is 1. The fraction of sp³-hybridized carbons (Fsp3) is 0.933. The fourth-order valence-electron chi connectivity index (χ4n) is 4.38. The van der Waals surface area contributed by atoms with E-state index in [4.69, 9.17) is 15.9 Å². The summed E-state index contributed by atoms with van der Waals surface area (Å²) in [7, 11) is 4.16. The molecule has 0 aromatic rings. The minimum absolute atomic E-state index is 0.0889. The van der Waals surface area contributed by atoms with Gasteiger partial charge >= 0.3 is 5.97 Å². The number of aliphatic carboxylic acids is 1. The van der Waals surface area contributed by atoms with Crippen LogP contribution in [0.3, 0.4) is 0 Å². The predicted molar refractivity (Wildman–Crippen MR) is 153 cm³/mol. The van der Waals surface area contributed by atoms with Crippen molar-refractivity contribution in [1.82, 2.24) is 4.90 Å². The van der Waals surface area contributed by atoms with Gasteiger partial charge in [0.2, 0.25) is 5.91 Å². The van der Waals surface area contributed by atoms with E-state index in [0.717, 1.165) is 32.2 Å². The summed E-state index contributed by atoms with van der Waals surface area (Å²) in [6.07, 6.45) is 26.9. The van der Waals surface area contributed by atoms with Crippen LogP contribution in [0.5, 0.6) is 0 Å². The molecule has 0 spiro atoms. The molecule has 0 rings (SSSR count). The Bertz CT molecular complexity index is 484. The van der Waals surface area contributed by atoms with Crippen LogP contribution in [0.1, 0.15) is 149 Å².